The van der Waals surface area contributed by atoms with E-state index in [1.165, 1.54) is 12.0 Å². The van der Waals surface area contributed by atoms with Crippen LogP contribution in [0.2, 0.25) is 0 Å². The minimum absolute atomic E-state index is 0.318. The Labute approximate surface area is 184 Å². The van der Waals surface area contributed by atoms with Crippen molar-refractivity contribution in [3.8, 4) is 11.5 Å². The lowest BCUT2D eigenvalue weighted by atomic mass is 10.1. The predicted molar refractivity (Wildman–Crippen MR) is 120 cm³/mol. The van der Waals surface area contributed by atoms with E-state index < -0.39 is 12.0 Å². The average molecular weight is 444 g/mol. The van der Waals surface area contributed by atoms with Crippen LogP contribution in [0.3, 0.4) is 0 Å². The molecule has 156 valence electrons. The molecule has 1 fully saturated rings. The van der Waals surface area contributed by atoms with Gasteiger partial charge in [-0.25, -0.2) is 4.79 Å². The van der Waals surface area contributed by atoms with Gasteiger partial charge in [0.1, 0.15) is 17.0 Å². The molecule has 6 nitrogen and oxygen atoms in total. The fourth-order valence-electron chi connectivity index (χ4n) is 2.87. The van der Waals surface area contributed by atoms with Crippen LogP contribution in [0, 0.1) is 0 Å². The lowest BCUT2D eigenvalue weighted by Crippen LogP contribution is -2.42. The first-order valence-corrected chi connectivity index (χ1v) is 10.4. The van der Waals surface area contributed by atoms with Gasteiger partial charge in [-0.05, 0) is 36.3 Å². The maximum absolute atomic E-state index is 12.7. The lowest BCUT2D eigenvalue weighted by molar-refractivity contribution is -0.147. The van der Waals surface area contributed by atoms with Gasteiger partial charge in [-0.1, -0.05) is 60.4 Å². The smallest absolute Gasteiger partial charge is 0.328 e. The number of thiocarbonyl (C=S) groups is 1. The molecule has 0 aliphatic carbocycles. The fraction of sp³-hybridized carbons (Fsp3) is 0.227. The summed E-state index contributed by atoms with van der Waals surface area (Å²) in [7, 11) is 2.84. The van der Waals surface area contributed by atoms with Crippen LogP contribution in [-0.4, -0.2) is 41.4 Å². The van der Waals surface area contributed by atoms with Crippen molar-refractivity contribution in [3.05, 3.63) is 64.6 Å². The minimum Gasteiger partial charge on any atom is -0.493 e. The number of hydrogen-bond donors (Lipinski definition) is 0. The summed E-state index contributed by atoms with van der Waals surface area (Å²) < 4.78 is 16.4. The van der Waals surface area contributed by atoms with Crippen LogP contribution < -0.4 is 9.47 Å². The number of methoxy groups -OCH3 is 2. The minimum atomic E-state index is -0.781. The highest BCUT2D eigenvalue weighted by Gasteiger charge is 2.38. The number of nitrogens with zero attached hydrogens (tertiary/aromatic N) is 1. The zero-order valence-electron chi connectivity index (χ0n) is 16.8. The molecule has 1 atom stereocenters. The fourth-order valence-corrected chi connectivity index (χ4v) is 4.29. The van der Waals surface area contributed by atoms with Gasteiger partial charge in [0.15, 0.2) is 11.5 Å². The van der Waals surface area contributed by atoms with E-state index in [0.717, 1.165) is 22.9 Å². The number of hydrogen-bond acceptors (Lipinski definition) is 7. The number of carbonyl (C=O) groups excluding carboxylic acids is 2. The van der Waals surface area contributed by atoms with Crippen LogP contribution in [0.5, 0.6) is 11.5 Å². The van der Waals surface area contributed by atoms with Crippen LogP contribution in [-0.2, 0) is 20.9 Å². The van der Waals surface area contributed by atoms with Gasteiger partial charge in [0.2, 0.25) is 0 Å². The van der Waals surface area contributed by atoms with E-state index >= 15 is 0 Å². The number of carbonyl (C=O) groups is 2. The third-order valence-corrected chi connectivity index (χ3v) is 5.81. The molecular weight excluding hydrogens is 422 g/mol. The van der Waals surface area contributed by atoms with Gasteiger partial charge in [0.05, 0.1) is 19.1 Å². The molecule has 0 bridgehead atoms. The summed E-state index contributed by atoms with van der Waals surface area (Å²) in [5, 5.41) is 0. The molecule has 1 aliphatic rings. The van der Waals surface area contributed by atoms with E-state index in [9.17, 15) is 9.59 Å². The standard InChI is InChI=1S/C22H21NO5S2/c1-14(21(25)27-3)23-20(24)19(30-22(23)29)12-16-9-10-17(18(11-16)26-2)28-13-15-7-5-4-6-8-15/h4-12,14H,13H2,1-3H3. The van der Waals surface area contributed by atoms with E-state index in [2.05, 4.69) is 0 Å². The van der Waals surface area contributed by atoms with Crippen LogP contribution in [0.25, 0.3) is 6.08 Å². The number of esters is 1. The van der Waals surface area contributed by atoms with Crippen molar-refractivity contribution in [3.63, 3.8) is 0 Å². The zero-order chi connectivity index (χ0) is 21.7. The number of ether oxygens (including phenoxy) is 3. The Hall–Kier alpha value is -2.84. The second kappa shape index (κ2) is 9.77. The Bertz CT molecular complexity index is 990. The SMILES string of the molecule is COC(=O)C(C)N1C(=O)C(=Cc2ccc(OCc3ccccc3)c(OC)c2)SC1=S. The Balaban J connectivity index is 1.78. The molecule has 8 heteroatoms. The van der Waals surface area contributed by atoms with Crippen molar-refractivity contribution in [2.75, 3.05) is 14.2 Å². The Kier molecular flexibility index (Phi) is 7.12. The number of thioether (sulfide) groups is 1. The second-order valence-electron chi connectivity index (χ2n) is 6.44. The summed E-state index contributed by atoms with van der Waals surface area (Å²) in [5.74, 6) is 0.309. The summed E-state index contributed by atoms with van der Waals surface area (Å²) >= 11 is 6.43. The average Bonchev–Trinajstić information content (AvgIpc) is 3.04. The third kappa shape index (κ3) is 4.83. The molecule has 0 saturated carbocycles. The topological polar surface area (TPSA) is 65.1 Å². The first-order valence-electron chi connectivity index (χ1n) is 9.14. The summed E-state index contributed by atoms with van der Waals surface area (Å²) in [5.41, 5.74) is 1.80. The molecular formula is C22H21NO5S2. The van der Waals surface area contributed by atoms with Crippen LogP contribution >= 0.6 is 24.0 Å². The summed E-state index contributed by atoms with van der Waals surface area (Å²) in [6.07, 6.45) is 1.72. The highest BCUT2D eigenvalue weighted by atomic mass is 32.2. The van der Waals surface area contributed by atoms with E-state index in [1.807, 2.05) is 36.4 Å². The molecule has 30 heavy (non-hydrogen) atoms. The summed E-state index contributed by atoms with van der Waals surface area (Å²) in [6.45, 7) is 2.00. The van der Waals surface area contributed by atoms with Crippen LogP contribution in [0.15, 0.2) is 53.4 Å². The molecule has 0 N–H and O–H groups in total. The Morgan fingerprint density at radius 2 is 1.90 bits per heavy atom. The summed E-state index contributed by atoms with van der Waals surface area (Å²) in [6, 6.07) is 14.5. The monoisotopic (exact) mass is 443 g/mol. The molecule has 0 spiro atoms. The molecule has 1 amide bonds. The van der Waals surface area contributed by atoms with Gasteiger partial charge in [-0.15, -0.1) is 0 Å². The molecule has 0 aromatic heterocycles. The highest BCUT2D eigenvalue weighted by molar-refractivity contribution is 8.26. The van der Waals surface area contributed by atoms with E-state index in [4.69, 9.17) is 26.4 Å². The van der Waals surface area contributed by atoms with Gasteiger partial charge in [0.25, 0.3) is 5.91 Å². The van der Waals surface area contributed by atoms with Gasteiger partial charge in [-0.3, -0.25) is 9.69 Å². The molecule has 1 heterocycles. The zero-order valence-corrected chi connectivity index (χ0v) is 18.4. The summed E-state index contributed by atoms with van der Waals surface area (Å²) in [4.78, 5) is 26.3. The van der Waals surface area contributed by atoms with Crippen molar-refractivity contribution in [2.24, 2.45) is 0 Å². The number of benzene rings is 2. The first-order chi connectivity index (χ1) is 14.4. The van der Waals surface area contributed by atoms with Gasteiger partial charge >= 0.3 is 5.97 Å². The van der Waals surface area contributed by atoms with Gasteiger partial charge in [-0.2, -0.15) is 0 Å². The van der Waals surface area contributed by atoms with Crippen molar-refractivity contribution < 1.29 is 23.8 Å². The highest BCUT2D eigenvalue weighted by Crippen LogP contribution is 2.36. The molecule has 1 aliphatic heterocycles. The van der Waals surface area contributed by atoms with E-state index in [1.54, 1.807) is 32.2 Å². The molecule has 2 aromatic carbocycles. The van der Waals surface area contributed by atoms with Gasteiger partial charge < -0.3 is 14.2 Å². The van der Waals surface area contributed by atoms with Gasteiger partial charge in [0, 0.05) is 0 Å². The molecule has 1 saturated heterocycles. The number of amides is 1. The van der Waals surface area contributed by atoms with Crippen molar-refractivity contribution in [1.29, 1.82) is 0 Å². The lowest BCUT2D eigenvalue weighted by Gasteiger charge is -2.20. The maximum atomic E-state index is 12.7. The van der Waals surface area contributed by atoms with Crippen molar-refractivity contribution >= 4 is 46.3 Å². The first kappa shape index (κ1) is 21.9. The normalized spacial score (nSPS) is 16.0. The predicted octanol–water partition coefficient (Wildman–Crippen LogP) is 4.04. The Morgan fingerprint density at radius 1 is 1.17 bits per heavy atom. The van der Waals surface area contributed by atoms with Crippen molar-refractivity contribution in [1.82, 2.24) is 4.90 Å². The quantitative estimate of drug-likeness (QED) is 0.364. The molecule has 2 aromatic rings. The van der Waals surface area contributed by atoms with Crippen LogP contribution in [0.1, 0.15) is 18.1 Å². The largest absolute Gasteiger partial charge is 0.493 e. The van der Waals surface area contributed by atoms with E-state index in [-0.39, 0.29) is 5.91 Å². The third-order valence-electron chi connectivity index (χ3n) is 4.48. The second-order valence-corrected chi connectivity index (χ2v) is 8.11. The van der Waals surface area contributed by atoms with E-state index in [0.29, 0.717) is 27.3 Å². The van der Waals surface area contributed by atoms with Crippen LogP contribution in [0.4, 0.5) is 0 Å². The number of rotatable bonds is 7. The van der Waals surface area contributed by atoms with Crippen molar-refractivity contribution in [2.45, 2.75) is 19.6 Å². The molecule has 1 unspecified atom stereocenters. The molecule has 0 radical (unpaired) electrons. The molecule has 3 rings (SSSR count). The Morgan fingerprint density at radius 3 is 2.57 bits per heavy atom. The maximum Gasteiger partial charge on any atom is 0.328 e.